The van der Waals surface area contributed by atoms with E-state index in [2.05, 4.69) is 6.07 Å². The molecule has 0 aliphatic heterocycles. The molecule has 19 heavy (non-hydrogen) atoms. The van der Waals surface area contributed by atoms with Gasteiger partial charge in [-0.1, -0.05) is 36.2 Å². The van der Waals surface area contributed by atoms with Crippen molar-refractivity contribution in [3.8, 4) is 6.07 Å². The molecule has 2 heteroatoms. The standard InChI is InChI=1S/C17H19NO/c1-11-2-5-13(6-3-11)16(10-18)17(19)15-9-12-4-7-14(15)8-12/h2-3,5-6,12,14-16H,4,7-9H2,1H3. The zero-order valence-electron chi connectivity index (χ0n) is 11.3. The summed E-state index contributed by atoms with van der Waals surface area (Å²) in [7, 11) is 0. The molecule has 2 aliphatic carbocycles. The second-order valence-corrected chi connectivity index (χ2v) is 6.16. The van der Waals surface area contributed by atoms with Crippen molar-refractivity contribution in [2.24, 2.45) is 17.8 Å². The Morgan fingerprint density at radius 3 is 2.53 bits per heavy atom. The number of nitriles is 1. The van der Waals surface area contributed by atoms with Crippen LogP contribution in [0, 0.1) is 36.0 Å². The van der Waals surface area contributed by atoms with Crippen LogP contribution >= 0.6 is 0 Å². The normalized spacial score (nSPS) is 30.0. The van der Waals surface area contributed by atoms with Gasteiger partial charge in [0, 0.05) is 5.92 Å². The number of hydrogen-bond acceptors (Lipinski definition) is 2. The number of carbonyl (C=O) groups excluding carboxylic acids is 1. The Morgan fingerprint density at radius 1 is 1.26 bits per heavy atom. The highest BCUT2D eigenvalue weighted by molar-refractivity contribution is 5.91. The van der Waals surface area contributed by atoms with Crippen molar-refractivity contribution in [3.05, 3.63) is 35.4 Å². The molecule has 98 valence electrons. The minimum absolute atomic E-state index is 0.143. The molecule has 2 bridgehead atoms. The predicted octanol–water partition coefficient (Wildman–Crippen LogP) is 3.61. The van der Waals surface area contributed by atoms with Crippen LogP contribution in [-0.4, -0.2) is 5.78 Å². The Bertz CT molecular complexity index is 525. The number of aryl methyl sites for hydroxylation is 1. The quantitative estimate of drug-likeness (QED) is 0.825. The van der Waals surface area contributed by atoms with E-state index in [0.29, 0.717) is 5.92 Å². The number of ketones is 1. The summed E-state index contributed by atoms with van der Waals surface area (Å²) in [6, 6.07) is 10.0. The van der Waals surface area contributed by atoms with Crippen molar-refractivity contribution in [3.63, 3.8) is 0 Å². The van der Waals surface area contributed by atoms with E-state index in [1.165, 1.54) is 19.3 Å². The second-order valence-electron chi connectivity index (χ2n) is 6.16. The fraction of sp³-hybridized carbons (Fsp3) is 0.529. The summed E-state index contributed by atoms with van der Waals surface area (Å²) in [4.78, 5) is 12.6. The lowest BCUT2D eigenvalue weighted by atomic mass is 9.79. The van der Waals surface area contributed by atoms with Crippen molar-refractivity contribution < 1.29 is 4.79 Å². The predicted molar refractivity (Wildman–Crippen MR) is 73.5 cm³/mol. The average Bonchev–Trinajstić information content (AvgIpc) is 3.04. The molecular weight excluding hydrogens is 234 g/mol. The van der Waals surface area contributed by atoms with Gasteiger partial charge in [-0.3, -0.25) is 4.79 Å². The van der Waals surface area contributed by atoms with E-state index in [4.69, 9.17) is 0 Å². The second kappa shape index (κ2) is 4.81. The Kier molecular flexibility index (Phi) is 3.14. The highest BCUT2D eigenvalue weighted by atomic mass is 16.1. The topological polar surface area (TPSA) is 40.9 Å². The van der Waals surface area contributed by atoms with E-state index in [1.807, 2.05) is 31.2 Å². The number of fused-ring (bicyclic) bond motifs is 2. The first-order valence-corrected chi connectivity index (χ1v) is 7.19. The Balaban J connectivity index is 1.81. The van der Waals surface area contributed by atoms with Crippen LogP contribution in [0.15, 0.2) is 24.3 Å². The number of carbonyl (C=O) groups is 1. The summed E-state index contributed by atoms with van der Waals surface area (Å²) in [5.41, 5.74) is 2.02. The number of nitrogens with zero attached hydrogens (tertiary/aromatic N) is 1. The molecule has 0 spiro atoms. The third-order valence-corrected chi connectivity index (χ3v) is 4.93. The lowest BCUT2D eigenvalue weighted by molar-refractivity contribution is -0.124. The van der Waals surface area contributed by atoms with Crippen molar-refractivity contribution in [1.82, 2.24) is 0 Å². The van der Waals surface area contributed by atoms with Crippen LogP contribution in [0.1, 0.15) is 42.7 Å². The molecule has 0 amide bonds. The van der Waals surface area contributed by atoms with Crippen molar-refractivity contribution in [2.75, 3.05) is 0 Å². The van der Waals surface area contributed by atoms with Gasteiger partial charge in [-0.15, -0.1) is 0 Å². The molecule has 0 saturated heterocycles. The van der Waals surface area contributed by atoms with Gasteiger partial charge in [-0.25, -0.2) is 0 Å². The van der Waals surface area contributed by atoms with Gasteiger partial charge in [0.05, 0.1) is 6.07 Å². The maximum Gasteiger partial charge on any atom is 0.157 e. The molecule has 4 atom stereocenters. The van der Waals surface area contributed by atoms with Crippen molar-refractivity contribution in [2.45, 2.75) is 38.5 Å². The van der Waals surface area contributed by atoms with Crippen LogP contribution in [0.3, 0.4) is 0 Å². The van der Waals surface area contributed by atoms with Gasteiger partial charge in [0.15, 0.2) is 5.78 Å². The van der Waals surface area contributed by atoms with Gasteiger partial charge in [-0.2, -0.15) is 5.26 Å². The smallest absolute Gasteiger partial charge is 0.157 e. The summed E-state index contributed by atoms with van der Waals surface area (Å²) in [6.07, 6.45) is 4.71. The lowest BCUT2D eigenvalue weighted by Crippen LogP contribution is -2.26. The van der Waals surface area contributed by atoms with Crippen molar-refractivity contribution >= 4 is 5.78 Å². The maximum atomic E-state index is 12.6. The molecule has 2 fully saturated rings. The molecule has 4 unspecified atom stereocenters. The molecule has 3 rings (SSSR count). The average molecular weight is 253 g/mol. The lowest BCUT2D eigenvalue weighted by Gasteiger charge is -2.22. The molecule has 0 radical (unpaired) electrons. The fourth-order valence-electron chi connectivity index (χ4n) is 3.87. The first-order valence-electron chi connectivity index (χ1n) is 7.19. The van der Waals surface area contributed by atoms with Crippen LogP contribution in [0.4, 0.5) is 0 Å². The number of benzene rings is 1. The number of Topliss-reactive ketones (excluding diaryl/α,β-unsaturated/α-hetero) is 1. The van der Waals surface area contributed by atoms with E-state index < -0.39 is 5.92 Å². The maximum absolute atomic E-state index is 12.6. The molecular formula is C17H19NO. The van der Waals surface area contributed by atoms with Gasteiger partial charge in [0.25, 0.3) is 0 Å². The van der Waals surface area contributed by atoms with Crippen LogP contribution in [0.25, 0.3) is 0 Å². The monoisotopic (exact) mass is 253 g/mol. The SMILES string of the molecule is Cc1ccc(C(C#N)C(=O)C2CC3CCC2C3)cc1. The first kappa shape index (κ1) is 12.4. The Morgan fingerprint density at radius 2 is 2.00 bits per heavy atom. The zero-order chi connectivity index (χ0) is 13.4. The molecule has 0 N–H and O–H groups in total. The Labute approximate surface area is 114 Å². The number of rotatable bonds is 3. The van der Waals surface area contributed by atoms with Crippen LogP contribution in [0.5, 0.6) is 0 Å². The molecule has 2 nitrogen and oxygen atoms in total. The Hall–Kier alpha value is -1.62. The van der Waals surface area contributed by atoms with Crippen molar-refractivity contribution in [1.29, 1.82) is 5.26 Å². The minimum atomic E-state index is -0.565. The van der Waals surface area contributed by atoms with Gasteiger partial charge >= 0.3 is 0 Å². The highest BCUT2D eigenvalue weighted by Crippen LogP contribution is 2.49. The summed E-state index contributed by atoms with van der Waals surface area (Å²) in [6.45, 7) is 2.02. The van der Waals surface area contributed by atoms with Crippen LogP contribution < -0.4 is 0 Å². The van der Waals surface area contributed by atoms with Gasteiger partial charge in [0.1, 0.15) is 5.92 Å². The summed E-state index contributed by atoms with van der Waals surface area (Å²) in [5.74, 6) is 1.04. The van der Waals surface area contributed by atoms with E-state index >= 15 is 0 Å². The minimum Gasteiger partial charge on any atom is -0.298 e. The molecule has 1 aromatic carbocycles. The zero-order valence-corrected chi connectivity index (χ0v) is 11.3. The first-order chi connectivity index (χ1) is 9.19. The highest BCUT2D eigenvalue weighted by Gasteiger charge is 2.44. The fourth-order valence-corrected chi connectivity index (χ4v) is 3.87. The third kappa shape index (κ3) is 2.18. The molecule has 2 aliphatic rings. The molecule has 1 aromatic rings. The molecule has 0 heterocycles. The van der Waals surface area contributed by atoms with Gasteiger partial charge in [-0.05, 0) is 43.6 Å². The van der Waals surface area contributed by atoms with Crippen LogP contribution in [0.2, 0.25) is 0 Å². The summed E-state index contributed by atoms with van der Waals surface area (Å²) in [5, 5.41) is 9.38. The largest absolute Gasteiger partial charge is 0.298 e. The van der Waals surface area contributed by atoms with E-state index in [9.17, 15) is 10.1 Å². The summed E-state index contributed by atoms with van der Waals surface area (Å²) >= 11 is 0. The van der Waals surface area contributed by atoms with Crippen LogP contribution in [-0.2, 0) is 4.79 Å². The summed E-state index contributed by atoms with van der Waals surface area (Å²) < 4.78 is 0. The molecule has 2 saturated carbocycles. The molecule has 0 aromatic heterocycles. The van der Waals surface area contributed by atoms with E-state index in [-0.39, 0.29) is 11.7 Å². The number of hydrogen-bond donors (Lipinski definition) is 0. The van der Waals surface area contributed by atoms with E-state index in [1.54, 1.807) is 0 Å². The van der Waals surface area contributed by atoms with Gasteiger partial charge < -0.3 is 0 Å². The third-order valence-electron chi connectivity index (χ3n) is 4.93. The van der Waals surface area contributed by atoms with Gasteiger partial charge in [0.2, 0.25) is 0 Å². The van der Waals surface area contributed by atoms with E-state index in [0.717, 1.165) is 23.5 Å².